The van der Waals surface area contributed by atoms with Gasteiger partial charge in [-0.15, -0.1) is 0 Å². The number of ether oxygens (including phenoxy) is 1. The molecule has 1 amide bonds. The van der Waals surface area contributed by atoms with E-state index in [1.54, 1.807) is 29.1 Å². The van der Waals surface area contributed by atoms with Gasteiger partial charge in [0.25, 0.3) is 5.91 Å². The first kappa shape index (κ1) is 29.2. The summed E-state index contributed by atoms with van der Waals surface area (Å²) in [5.74, 6) is 0.454. The van der Waals surface area contributed by atoms with Crippen molar-refractivity contribution in [2.75, 3.05) is 6.54 Å². The fourth-order valence-corrected chi connectivity index (χ4v) is 4.48. The average molecular weight is 504 g/mol. The number of hydrogen-bond acceptors (Lipinski definition) is 3. The van der Waals surface area contributed by atoms with Gasteiger partial charge in [-0.2, -0.15) is 5.10 Å². The number of unbranched alkanes of at least 4 members (excludes halogenated alkanes) is 15. The average Bonchev–Trinajstić information content (AvgIpc) is 3.34. The van der Waals surface area contributed by atoms with E-state index in [0.717, 1.165) is 12.8 Å². The maximum absolute atomic E-state index is 12.5. The molecule has 0 atom stereocenters. The number of carbonyl (C=O) groups excluding carboxylic acids is 1. The molecular weight excluding hydrogens is 458 g/mol. The van der Waals surface area contributed by atoms with Gasteiger partial charge in [0.2, 0.25) is 0 Å². The Bertz CT molecular complexity index is 809. The molecule has 35 heavy (non-hydrogen) atoms. The number of amides is 1. The van der Waals surface area contributed by atoms with Gasteiger partial charge < -0.3 is 10.1 Å². The number of rotatable bonds is 21. The SMILES string of the molecule is CCCCCCCCCCCCCCCCCCNC(=O)c1ccnn1COc1ccccc1Cl. The first-order chi connectivity index (χ1) is 17.2. The molecule has 0 bridgehead atoms. The van der Waals surface area contributed by atoms with Crippen molar-refractivity contribution < 1.29 is 9.53 Å². The molecule has 0 saturated heterocycles. The summed E-state index contributed by atoms with van der Waals surface area (Å²) in [6, 6.07) is 8.98. The zero-order valence-corrected chi connectivity index (χ0v) is 22.5. The van der Waals surface area contributed by atoms with Crippen molar-refractivity contribution in [1.29, 1.82) is 0 Å². The predicted octanol–water partition coefficient (Wildman–Crippen LogP) is 8.56. The number of para-hydroxylation sites is 1. The summed E-state index contributed by atoms with van der Waals surface area (Å²) < 4.78 is 7.25. The topological polar surface area (TPSA) is 56.2 Å². The van der Waals surface area contributed by atoms with Crippen LogP contribution in [0, 0.1) is 0 Å². The fraction of sp³-hybridized carbons (Fsp3) is 0.655. The molecule has 0 unspecified atom stereocenters. The molecule has 1 aromatic heterocycles. The standard InChI is InChI=1S/C29H46ClN3O2/c1-2-3-4-5-6-7-8-9-10-11-12-13-14-15-16-19-23-31-29(34)27-22-24-32-33(27)25-35-28-21-18-17-20-26(28)30/h17-18,20-22,24H,2-16,19,23,25H2,1H3,(H,31,34). The lowest BCUT2D eigenvalue weighted by Crippen LogP contribution is -2.27. The highest BCUT2D eigenvalue weighted by Crippen LogP contribution is 2.23. The highest BCUT2D eigenvalue weighted by Gasteiger charge is 2.12. The lowest BCUT2D eigenvalue weighted by molar-refractivity contribution is 0.0931. The van der Waals surface area contributed by atoms with E-state index in [0.29, 0.717) is 23.0 Å². The van der Waals surface area contributed by atoms with Crippen molar-refractivity contribution >= 4 is 17.5 Å². The summed E-state index contributed by atoms with van der Waals surface area (Å²) in [6.07, 6.45) is 23.1. The summed E-state index contributed by atoms with van der Waals surface area (Å²) in [4.78, 5) is 12.5. The second-order valence-corrected chi connectivity index (χ2v) is 9.89. The smallest absolute Gasteiger partial charge is 0.269 e. The Labute approximate surface area is 218 Å². The molecule has 0 spiro atoms. The van der Waals surface area contributed by atoms with E-state index in [1.165, 1.54) is 89.9 Å². The Hall–Kier alpha value is -2.01. The van der Waals surface area contributed by atoms with E-state index in [4.69, 9.17) is 16.3 Å². The van der Waals surface area contributed by atoms with E-state index in [-0.39, 0.29) is 12.6 Å². The van der Waals surface area contributed by atoms with Crippen LogP contribution in [0.1, 0.15) is 120 Å². The van der Waals surface area contributed by atoms with Gasteiger partial charge in [0, 0.05) is 12.7 Å². The molecule has 0 aliphatic rings. The Kier molecular flexibility index (Phi) is 16.0. The van der Waals surface area contributed by atoms with Crippen LogP contribution in [-0.4, -0.2) is 22.2 Å². The summed E-state index contributed by atoms with van der Waals surface area (Å²) in [5, 5.41) is 7.74. The molecule has 2 aromatic rings. The van der Waals surface area contributed by atoms with Crippen LogP contribution < -0.4 is 10.1 Å². The van der Waals surface area contributed by atoms with Crippen LogP contribution in [0.15, 0.2) is 36.5 Å². The zero-order chi connectivity index (χ0) is 25.0. The summed E-state index contributed by atoms with van der Waals surface area (Å²) in [7, 11) is 0. The summed E-state index contributed by atoms with van der Waals surface area (Å²) in [5.41, 5.74) is 0.494. The molecule has 0 radical (unpaired) electrons. The molecule has 0 fully saturated rings. The van der Waals surface area contributed by atoms with Crippen molar-refractivity contribution in [2.45, 2.75) is 116 Å². The normalized spacial score (nSPS) is 11.0. The van der Waals surface area contributed by atoms with E-state index in [1.807, 2.05) is 12.1 Å². The second kappa shape index (κ2) is 19.2. The first-order valence-corrected chi connectivity index (χ1v) is 14.3. The van der Waals surface area contributed by atoms with Gasteiger partial charge in [0.05, 0.1) is 5.02 Å². The lowest BCUT2D eigenvalue weighted by Gasteiger charge is -2.11. The van der Waals surface area contributed by atoms with Gasteiger partial charge in [-0.05, 0) is 24.6 Å². The third-order valence-corrected chi connectivity index (χ3v) is 6.76. The molecule has 0 saturated carbocycles. The molecular formula is C29H46ClN3O2. The Morgan fingerprint density at radius 1 is 0.829 bits per heavy atom. The van der Waals surface area contributed by atoms with Crippen molar-refractivity contribution in [3.05, 3.63) is 47.2 Å². The van der Waals surface area contributed by atoms with Crippen LogP contribution in [0.5, 0.6) is 5.75 Å². The molecule has 196 valence electrons. The van der Waals surface area contributed by atoms with Gasteiger partial charge in [-0.3, -0.25) is 4.79 Å². The van der Waals surface area contributed by atoms with E-state index in [2.05, 4.69) is 17.3 Å². The van der Waals surface area contributed by atoms with Crippen molar-refractivity contribution in [1.82, 2.24) is 15.1 Å². The van der Waals surface area contributed by atoms with Crippen molar-refractivity contribution in [2.24, 2.45) is 0 Å². The summed E-state index contributed by atoms with van der Waals surface area (Å²) in [6.45, 7) is 3.10. The van der Waals surface area contributed by atoms with Gasteiger partial charge in [0.15, 0.2) is 6.73 Å². The van der Waals surface area contributed by atoms with Crippen LogP contribution in [0.4, 0.5) is 0 Å². The van der Waals surface area contributed by atoms with Gasteiger partial charge in [-0.25, -0.2) is 4.68 Å². The first-order valence-electron chi connectivity index (χ1n) is 13.9. The largest absolute Gasteiger partial charge is 0.470 e. The Balaban J connectivity index is 1.42. The minimum absolute atomic E-state index is 0.119. The van der Waals surface area contributed by atoms with Crippen LogP contribution in [0.3, 0.4) is 0 Å². The van der Waals surface area contributed by atoms with E-state index >= 15 is 0 Å². The molecule has 6 heteroatoms. The quantitative estimate of drug-likeness (QED) is 0.173. The number of benzene rings is 1. The number of carbonyl (C=O) groups is 1. The lowest BCUT2D eigenvalue weighted by atomic mass is 10.0. The van der Waals surface area contributed by atoms with Crippen LogP contribution in [0.2, 0.25) is 5.02 Å². The summed E-state index contributed by atoms with van der Waals surface area (Å²) >= 11 is 6.12. The van der Waals surface area contributed by atoms with Crippen LogP contribution in [-0.2, 0) is 6.73 Å². The third kappa shape index (κ3) is 13.0. The zero-order valence-electron chi connectivity index (χ0n) is 21.8. The van der Waals surface area contributed by atoms with Gasteiger partial charge >= 0.3 is 0 Å². The number of nitrogens with one attached hydrogen (secondary N) is 1. The molecule has 0 aliphatic heterocycles. The molecule has 1 N–H and O–H groups in total. The number of nitrogens with zero attached hydrogens (tertiary/aromatic N) is 2. The second-order valence-electron chi connectivity index (χ2n) is 9.48. The van der Waals surface area contributed by atoms with Gasteiger partial charge in [-0.1, -0.05) is 127 Å². The molecule has 2 rings (SSSR count). The van der Waals surface area contributed by atoms with E-state index in [9.17, 15) is 4.79 Å². The number of halogens is 1. The minimum atomic E-state index is -0.119. The molecule has 1 heterocycles. The van der Waals surface area contributed by atoms with Crippen molar-refractivity contribution in [3.8, 4) is 5.75 Å². The number of hydrogen-bond donors (Lipinski definition) is 1. The Morgan fingerprint density at radius 2 is 1.37 bits per heavy atom. The predicted molar refractivity (Wildman–Crippen MR) is 146 cm³/mol. The molecule has 1 aromatic carbocycles. The van der Waals surface area contributed by atoms with E-state index < -0.39 is 0 Å². The fourth-order valence-electron chi connectivity index (χ4n) is 4.29. The number of aromatic nitrogens is 2. The minimum Gasteiger partial charge on any atom is -0.470 e. The molecule has 5 nitrogen and oxygen atoms in total. The third-order valence-electron chi connectivity index (χ3n) is 6.44. The van der Waals surface area contributed by atoms with Gasteiger partial charge in [0.1, 0.15) is 11.4 Å². The van der Waals surface area contributed by atoms with Crippen LogP contribution >= 0.6 is 11.6 Å². The Morgan fingerprint density at radius 3 is 1.94 bits per heavy atom. The maximum Gasteiger partial charge on any atom is 0.269 e. The highest BCUT2D eigenvalue weighted by atomic mass is 35.5. The van der Waals surface area contributed by atoms with Crippen molar-refractivity contribution in [3.63, 3.8) is 0 Å². The van der Waals surface area contributed by atoms with Crippen LogP contribution in [0.25, 0.3) is 0 Å². The maximum atomic E-state index is 12.5. The molecule has 0 aliphatic carbocycles. The monoisotopic (exact) mass is 503 g/mol. The highest BCUT2D eigenvalue weighted by molar-refractivity contribution is 6.32.